The number of rotatable bonds is 5. The van der Waals surface area contributed by atoms with Crippen LogP contribution in [0.1, 0.15) is 11.1 Å². The lowest BCUT2D eigenvalue weighted by atomic mass is 9.99. The molecule has 1 aliphatic rings. The van der Waals surface area contributed by atoms with E-state index >= 15 is 0 Å². The van der Waals surface area contributed by atoms with E-state index in [1.165, 1.54) is 11.1 Å². The van der Waals surface area contributed by atoms with Crippen LogP contribution in [0.2, 0.25) is 5.02 Å². The van der Waals surface area contributed by atoms with Crippen molar-refractivity contribution in [2.75, 3.05) is 32.0 Å². The molecule has 0 saturated carbocycles. The Bertz CT molecular complexity index is 629. The molecule has 0 bridgehead atoms. The molecule has 0 saturated heterocycles. The van der Waals surface area contributed by atoms with Gasteiger partial charge in [-0.2, -0.15) is 0 Å². The second-order valence-electron chi connectivity index (χ2n) is 5.46. The van der Waals surface area contributed by atoms with E-state index in [0.717, 1.165) is 38.3 Å². The largest absolute Gasteiger partial charge is 0.324 e. The molecule has 1 aromatic carbocycles. The molecule has 0 spiro atoms. The van der Waals surface area contributed by atoms with Crippen LogP contribution in [-0.4, -0.2) is 41.5 Å². The zero-order valence-corrected chi connectivity index (χ0v) is 13.4. The average Bonchev–Trinajstić information content (AvgIpc) is 2.55. The molecule has 0 aliphatic carbocycles. The Kier molecular flexibility index (Phi) is 4.87. The first kappa shape index (κ1) is 15.2. The highest BCUT2D eigenvalue weighted by molar-refractivity contribution is 6.30. The molecule has 2 N–H and O–H groups in total. The van der Waals surface area contributed by atoms with Crippen LogP contribution in [0.5, 0.6) is 0 Å². The Morgan fingerprint density at radius 3 is 2.82 bits per heavy atom. The van der Waals surface area contributed by atoms with Gasteiger partial charge in [-0.05, 0) is 36.7 Å². The van der Waals surface area contributed by atoms with Crippen LogP contribution in [0.3, 0.4) is 0 Å². The summed E-state index contributed by atoms with van der Waals surface area (Å²) >= 11 is 5.80. The van der Waals surface area contributed by atoms with E-state index in [9.17, 15) is 0 Å². The molecule has 22 heavy (non-hydrogen) atoms. The maximum absolute atomic E-state index is 5.80. The van der Waals surface area contributed by atoms with Gasteiger partial charge < -0.3 is 10.6 Å². The van der Waals surface area contributed by atoms with Crippen LogP contribution < -0.4 is 10.6 Å². The maximum atomic E-state index is 5.80. The van der Waals surface area contributed by atoms with Crippen molar-refractivity contribution < 1.29 is 0 Å². The topological polar surface area (TPSA) is 53.1 Å². The lowest BCUT2D eigenvalue weighted by Crippen LogP contribution is -2.35. The van der Waals surface area contributed by atoms with Gasteiger partial charge in [0.1, 0.15) is 0 Å². The molecule has 0 radical (unpaired) electrons. The number of halogens is 1. The van der Waals surface area contributed by atoms with E-state index in [-0.39, 0.29) is 0 Å². The molecular formula is C16H20ClN5. The van der Waals surface area contributed by atoms with Crippen molar-refractivity contribution in [3.8, 4) is 0 Å². The summed E-state index contributed by atoms with van der Waals surface area (Å²) in [5.74, 6) is 0.566. The van der Waals surface area contributed by atoms with Crippen molar-refractivity contribution in [2.45, 2.75) is 13.0 Å². The van der Waals surface area contributed by atoms with Crippen LogP contribution in [0.4, 0.5) is 11.6 Å². The number of likely N-dealkylation sites (N-methyl/N-ethyl adjacent to an activating group) is 1. The molecule has 5 nitrogen and oxygen atoms in total. The summed E-state index contributed by atoms with van der Waals surface area (Å²) in [6.45, 7) is 4.25. The first-order chi connectivity index (χ1) is 10.7. The van der Waals surface area contributed by atoms with E-state index in [0.29, 0.717) is 11.0 Å². The predicted octanol–water partition coefficient (Wildman–Crippen LogP) is 2.45. The van der Waals surface area contributed by atoms with Crippen LogP contribution in [-0.2, 0) is 13.0 Å². The van der Waals surface area contributed by atoms with Crippen LogP contribution in [0.15, 0.2) is 30.6 Å². The number of anilines is 2. The van der Waals surface area contributed by atoms with Gasteiger partial charge in [-0.1, -0.05) is 17.7 Å². The number of aromatic nitrogens is 2. The predicted molar refractivity (Wildman–Crippen MR) is 89.7 cm³/mol. The quantitative estimate of drug-likeness (QED) is 0.887. The minimum Gasteiger partial charge on any atom is -0.324 e. The number of hydrogen-bond acceptors (Lipinski definition) is 5. The molecule has 0 amide bonds. The SMILES string of the molecule is CNCCN1CCc2cc(Nc3ncc(Cl)cn3)ccc2C1. The number of benzene rings is 1. The Hall–Kier alpha value is -1.69. The Balaban J connectivity index is 1.68. The number of nitrogens with one attached hydrogen (secondary N) is 2. The molecule has 0 fully saturated rings. The highest BCUT2D eigenvalue weighted by atomic mass is 35.5. The number of hydrogen-bond donors (Lipinski definition) is 2. The minimum atomic E-state index is 0.539. The van der Waals surface area contributed by atoms with Gasteiger partial charge in [-0.3, -0.25) is 4.90 Å². The molecule has 6 heteroatoms. The summed E-state index contributed by atoms with van der Waals surface area (Å²) in [6.07, 6.45) is 4.26. The third kappa shape index (κ3) is 3.74. The zero-order valence-electron chi connectivity index (χ0n) is 12.6. The highest BCUT2D eigenvalue weighted by Gasteiger charge is 2.16. The first-order valence-electron chi connectivity index (χ1n) is 7.48. The number of nitrogens with zero attached hydrogens (tertiary/aromatic N) is 3. The van der Waals surface area contributed by atoms with Crippen LogP contribution in [0, 0.1) is 0 Å². The van der Waals surface area contributed by atoms with Crippen molar-refractivity contribution in [1.82, 2.24) is 20.2 Å². The number of fused-ring (bicyclic) bond motifs is 1. The molecule has 2 heterocycles. The van der Waals surface area contributed by atoms with E-state index in [1.54, 1.807) is 12.4 Å². The van der Waals surface area contributed by atoms with Gasteiger partial charge in [-0.15, -0.1) is 0 Å². The van der Waals surface area contributed by atoms with Crippen molar-refractivity contribution in [3.05, 3.63) is 46.7 Å². The van der Waals surface area contributed by atoms with Gasteiger partial charge in [0.15, 0.2) is 0 Å². The van der Waals surface area contributed by atoms with Gasteiger partial charge in [0.25, 0.3) is 0 Å². The van der Waals surface area contributed by atoms with Gasteiger partial charge >= 0.3 is 0 Å². The average molecular weight is 318 g/mol. The zero-order chi connectivity index (χ0) is 15.4. The van der Waals surface area contributed by atoms with Crippen molar-refractivity contribution in [1.29, 1.82) is 0 Å². The second-order valence-corrected chi connectivity index (χ2v) is 5.90. The summed E-state index contributed by atoms with van der Waals surface area (Å²) in [5, 5.41) is 6.97. The Labute approximate surface area is 135 Å². The smallest absolute Gasteiger partial charge is 0.227 e. The first-order valence-corrected chi connectivity index (χ1v) is 7.86. The molecule has 0 unspecified atom stereocenters. The molecule has 1 aliphatic heterocycles. The van der Waals surface area contributed by atoms with Crippen LogP contribution in [0.25, 0.3) is 0 Å². The van der Waals surface area contributed by atoms with Gasteiger partial charge in [0.05, 0.1) is 17.4 Å². The van der Waals surface area contributed by atoms with Gasteiger partial charge in [-0.25, -0.2) is 9.97 Å². The standard InChI is InChI=1S/C16H20ClN5/c1-18-5-7-22-6-4-12-8-15(3-2-13(12)11-22)21-16-19-9-14(17)10-20-16/h2-3,8-10,18H,4-7,11H2,1H3,(H,19,20,21). The normalized spacial score (nSPS) is 14.6. The van der Waals surface area contributed by atoms with Crippen molar-refractivity contribution in [3.63, 3.8) is 0 Å². The molecular weight excluding hydrogens is 298 g/mol. The van der Waals surface area contributed by atoms with E-state index in [1.807, 2.05) is 7.05 Å². The third-order valence-corrected chi connectivity index (χ3v) is 4.05. The molecule has 3 rings (SSSR count). The lowest BCUT2D eigenvalue weighted by Gasteiger charge is -2.29. The Morgan fingerprint density at radius 1 is 1.23 bits per heavy atom. The molecule has 116 valence electrons. The van der Waals surface area contributed by atoms with Gasteiger partial charge in [0.2, 0.25) is 5.95 Å². The fraction of sp³-hybridized carbons (Fsp3) is 0.375. The summed E-state index contributed by atoms with van der Waals surface area (Å²) < 4.78 is 0. The summed E-state index contributed by atoms with van der Waals surface area (Å²) in [7, 11) is 1.99. The maximum Gasteiger partial charge on any atom is 0.227 e. The third-order valence-electron chi connectivity index (χ3n) is 3.85. The fourth-order valence-electron chi connectivity index (χ4n) is 2.66. The molecule has 0 atom stereocenters. The lowest BCUT2D eigenvalue weighted by molar-refractivity contribution is 0.256. The Morgan fingerprint density at radius 2 is 2.05 bits per heavy atom. The fourth-order valence-corrected chi connectivity index (χ4v) is 2.75. The van der Waals surface area contributed by atoms with Gasteiger partial charge in [0, 0.05) is 31.9 Å². The van der Waals surface area contributed by atoms with E-state index in [4.69, 9.17) is 11.6 Å². The van der Waals surface area contributed by atoms with E-state index in [2.05, 4.69) is 43.7 Å². The summed E-state index contributed by atoms with van der Waals surface area (Å²) in [6, 6.07) is 6.47. The van der Waals surface area contributed by atoms with Crippen molar-refractivity contribution >= 4 is 23.2 Å². The van der Waals surface area contributed by atoms with Crippen molar-refractivity contribution in [2.24, 2.45) is 0 Å². The monoisotopic (exact) mass is 317 g/mol. The molecule has 1 aromatic heterocycles. The summed E-state index contributed by atoms with van der Waals surface area (Å²) in [4.78, 5) is 10.8. The van der Waals surface area contributed by atoms with Crippen LogP contribution >= 0.6 is 11.6 Å². The summed E-state index contributed by atoms with van der Waals surface area (Å²) in [5.41, 5.74) is 3.83. The highest BCUT2D eigenvalue weighted by Crippen LogP contribution is 2.23. The molecule has 2 aromatic rings. The van der Waals surface area contributed by atoms with E-state index < -0.39 is 0 Å². The second kappa shape index (κ2) is 7.05. The minimum absolute atomic E-state index is 0.539.